The van der Waals surface area contributed by atoms with Crippen LogP contribution in [0.1, 0.15) is 52.7 Å². The van der Waals surface area contributed by atoms with E-state index in [1.807, 2.05) is 97.1 Å². The van der Waals surface area contributed by atoms with Gasteiger partial charge in [0.2, 0.25) is 0 Å². The lowest BCUT2D eigenvalue weighted by molar-refractivity contribution is 0.0482. The lowest BCUT2D eigenvalue weighted by Crippen LogP contribution is -2.39. The summed E-state index contributed by atoms with van der Waals surface area (Å²) in [5.74, 6) is -1.42. The van der Waals surface area contributed by atoms with Crippen LogP contribution in [-0.4, -0.2) is 33.2 Å². The van der Waals surface area contributed by atoms with Crippen LogP contribution in [0.3, 0.4) is 0 Å². The Labute approximate surface area is 248 Å². The number of hydrogen-bond donors (Lipinski definition) is 0. The van der Waals surface area contributed by atoms with Crippen molar-refractivity contribution in [2.75, 3.05) is 0 Å². The zero-order valence-electron chi connectivity index (χ0n) is 23.7. The van der Waals surface area contributed by atoms with Gasteiger partial charge in [0.1, 0.15) is 0 Å². The zero-order valence-corrected chi connectivity index (χ0v) is 24.6. The van der Waals surface area contributed by atoms with E-state index in [-0.39, 0.29) is 12.1 Å². The molecule has 1 heterocycles. The van der Waals surface area contributed by atoms with E-state index in [0.717, 1.165) is 42.4 Å². The smallest absolute Gasteiger partial charge is 0.339 e. The molecule has 1 aliphatic carbocycles. The van der Waals surface area contributed by atoms with Crippen LogP contribution in [0.4, 0.5) is 0 Å². The second-order valence-electron chi connectivity index (χ2n) is 11.1. The Hall–Kier alpha value is -3.76. The van der Waals surface area contributed by atoms with Crippen LogP contribution in [0.15, 0.2) is 127 Å². The molecule has 0 amide bonds. The van der Waals surface area contributed by atoms with Gasteiger partial charge in [-0.25, -0.2) is 14.1 Å². The van der Waals surface area contributed by atoms with Crippen LogP contribution in [0.25, 0.3) is 6.08 Å². The van der Waals surface area contributed by atoms with E-state index in [0.29, 0.717) is 18.7 Å². The predicted molar refractivity (Wildman–Crippen MR) is 169 cm³/mol. The normalized spacial score (nSPS) is 21.1. The van der Waals surface area contributed by atoms with Crippen molar-refractivity contribution in [1.82, 2.24) is 9.34 Å². The molecule has 214 valence electrons. The van der Waals surface area contributed by atoms with E-state index in [1.54, 1.807) is 12.1 Å². The fourth-order valence-corrected chi connectivity index (χ4v) is 9.90. The molecular weight excluding hydrogens is 539 g/mol. The first-order valence-electron chi connectivity index (χ1n) is 14.8. The Bertz CT molecular complexity index is 1470. The van der Waals surface area contributed by atoms with Gasteiger partial charge >= 0.3 is 5.97 Å². The zero-order chi connectivity index (χ0) is 28.8. The lowest BCUT2D eigenvalue weighted by Gasteiger charge is -2.36. The Morgan fingerprint density at radius 2 is 1.17 bits per heavy atom. The third-order valence-electron chi connectivity index (χ3n) is 8.39. The Kier molecular flexibility index (Phi) is 8.81. The van der Waals surface area contributed by atoms with Crippen molar-refractivity contribution in [3.05, 3.63) is 150 Å². The van der Waals surface area contributed by atoms with Crippen molar-refractivity contribution >= 4 is 19.5 Å². The van der Waals surface area contributed by atoms with E-state index in [9.17, 15) is 4.79 Å². The maximum Gasteiger partial charge on any atom is 0.339 e. The lowest BCUT2D eigenvalue weighted by atomic mass is 9.90. The number of carbonyl (C=O) groups excluding carboxylic acids is 1. The molecule has 1 saturated heterocycles. The molecule has 0 spiro atoms. The van der Waals surface area contributed by atoms with Crippen molar-refractivity contribution in [3.8, 4) is 0 Å². The number of ether oxygens (including phenoxy) is 1. The number of carbonyl (C=O) groups is 1. The van der Waals surface area contributed by atoms with Crippen LogP contribution in [0, 0.1) is 0 Å². The number of rotatable bonds is 9. The first kappa shape index (κ1) is 28.4. The number of fused-ring (bicyclic) bond motifs is 1. The summed E-state index contributed by atoms with van der Waals surface area (Å²) in [6, 6.07) is 39.6. The van der Waals surface area contributed by atoms with Crippen molar-refractivity contribution in [2.45, 2.75) is 56.7 Å². The highest BCUT2D eigenvalue weighted by atomic mass is 31.2. The fourth-order valence-electron chi connectivity index (χ4n) is 6.36. The van der Waals surface area contributed by atoms with Crippen LogP contribution < -0.4 is 0 Å². The summed E-state index contributed by atoms with van der Waals surface area (Å²) < 4.78 is 26.8. The van der Waals surface area contributed by atoms with Gasteiger partial charge in [0.05, 0.1) is 5.56 Å². The summed E-state index contributed by atoms with van der Waals surface area (Å²) in [6.07, 6.45) is 7.92. The number of hydrogen-bond acceptors (Lipinski definition) is 3. The first-order chi connectivity index (χ1) is 20.6. The summed E-state index contributed by atoms with van der Waals surface area (Å²) in [5, 5.41) is 0. The van der Waals surface area contributed by atoms with Gasteiger partial charge < -0.3 is 4.74 Å². The highest BCUT2D eigenvalue weighted by Gasteiger charge is 2.59. The maximum atomic E-state index is 16.1. The number of benzene rings is 4. The third kappa shape index (κ3) is 6.05. The predicted octanol–water partition coefficient (Wildman–Crippen LogP) is 8.41. The molecule has 2 aliphatic rings. The molecule has 42 heavy (non-hydrogen) atoms. The topological polar surface area (TPSA) is 49.9 Å². The standard InChI is InChI=1S/C36H37N2O3P/c39-36(32-21-11-4-12-22-32)41-35(26-25-29-15-5-1-6-16-29)42(40)37(27-30-17-7-2-8-18-30)33-23-13-14-24-34(33)38(42)28-31-19-9-3-10-20-31/h1-12,15-22,25-26,33-35H,13-14,23-24,27-28H2/b26-25+/t33-,34-,35+/m1/s1. The first-order valence-corrected chi connectivity index (χ1v) is 16.5. The second-order valence-corrected chi connectivity index (χ2v) is 13.8. The van der Waals surface area contributed by atoms with Gasteiger partial charge in [-0.2, -0.15) is 0 Å². The summed E-state index contributed by atoms with van der Waals surface area (Å²) >= 11 is 0. The quantitative estimate of drug-likeness (QED) is 0.148. The van der Waals surface area contributed by atoms with Gasteiger partial charge in [0.15, 0.2) is 5.85 Å². The minimum Gasteiger partial charge on any atom is -0.444 e. The monoisotopic (exact) mass is 576 g/mol. The van der Waals surface area contributed by atoms with E-state index in [4.69, 9.17) is 4.74 Å². The van der Waals surface area contributed by atoms with Crippen LogP contribution in [0.5, 0.6) is 0 Å². The molecule has 5 nitrogen and oxygen atoms in total. The molecule has 0 aromatic heterocycles. The maximum absolute atomic E-state index is 16.1. The van der Waals surface area contributed by atoms with Crippen LogP contribution in [0.2, 0.25) is 0 Å². The average Bonchev–Trinajstić information content (AvgIpc) is 3.28. The molecule has 2 fully saturated rings. The second kappa shape index (κ2) is 13.0. The molecule has 1 aliphatic heterocycles. The molecule has 6 heteroatoms. The van der Waals surface area contributed by atoms with E-state index >= 15 is 4.57 Å². The summed E-state index contributed by atoms with van der Waals surface area (Å²) in [4.78, 5) is 13.6. The van der Waals surface area contributed by atoms with Gasteiger partial charge in [-0.1, -0.05) is 128 Å². The molecule has 3 atom stereocenters. The molecule has 0 bridgehead atoms. The van der Waals surface area contributed by atoms with Crippen molar-refractivity contribution in [3.63, 3.8) is 0 Å². The van der Waals surface area contributed by atoms with Crippen molar-refractivity contribution in [1.29, 1.82) is 0 Å². The Balaban J connectivity index is 1.47. The van der Waals surface area contributed by atoms with Gasteiger partial charge in [-0.05, 0) is 47.7 Å². The molecule has 6 rings (SSSR count). The fraction of sp³-hybridized carbons (Fsp3) is 0.250. The van der Waals surface area contributed by atoms with Crippen LogP contribution >= 0.6 is 7.44 Å². The molecule has 0 radical (unpaired) electrons. The largest absolute Gasteiger partial charge is 0.444 e. The summed E-state index contributed by atoms with van der Waals surface area (Å²) in [7, 11) is -3.51. The van der Waals surface area contributed by atoms with Gasteiger partial charge in [-0.3, -0.25) is 4.57 Å². The number of nitrogens with zero attached hydrogens (tertiary/aromatic N) is 2. The van der Waals surface area contributed by atoms with E-state index in [1.165, 1.54) is 0 Å². The summed E-state index contributed by atoms with van der Waals surface area (Å²) in [6.45, 7) is 1.06. The average molecular weight is 577 g/mol. The minimum atomic E-state index is -3.51. The Morgan fingerprint density at radius 3 is 1.67 bits per heavy atom. The SMILES string of the molecule is O=C(O[C@H](/C=C/c1ccccc1)P1(=O)N(Cc2ccccc2)[C@@H]2CCCC[C@H]2N1Cc1ccccc1)c1ccccc1. The van der Waals surface area contributed by atoms with Crippen molar-refractivity contribution < 1.29 is 14.1 Å². The van der Waals surface area contributed by atoms with Gasteiger partial charge in [0, 0.05) is 25.2 Å². The molecule has 0 unspecified atom stereocenters. The minimum absolute atomic E-state index is 0.108. The number of esters is 1. The summed E-state index contributed by atoms with van der Waals surface area (Å²) in [5.41, 5.74) is 3.61. The van der Waals surface area contributed by atoms with E-state index < -0.39 is 19.3 Å². The highest BCUT2D eigenvalue weighted by molar-refractivity contribution is 7.60. The molecule has 1 saturated carbocycles. The van der Waals surface area contributed by atoms with E-state index in [2.05, 4.69) is 33.6 Å². The van der Waals surface area contributed by atoms with Crippen molar-refractivity contribution in [2.24, 2.45) is 0 Å². The third-order valence-corrected chi connectivity index (χ3v) is 11.7. The molecule has 0 N–H and O–H groups in total. The van der Waals surface area contributed by atoms with Gasteiger partial charge in [-0.15, -0.1) is 0 Å². The molecular formula is C36H37N2O3P. The molecule has 4 aromatic carbocycles. The van der Waals surface area contributed by atoms with Gasteiger partial charge in [0.25, 0.3) is 7.44 Å². The van der Waals surface area contributed by atoms with Crippen LogP contribution in [-0.2, 0) is 22.4 Å². The highest BCUT2D eigenvalue weighted by Crippen LogP contribution is 2.68. The molecule has 4 aromatic rings. The Morgan fingerprint density at radius 1 is 0.714 bits per heavy atom.